The molecule has 0 aromatic rings. The van der Waals surface area contributed by atoms with Gasteiger partial charge in [0.05, 0.1) is 13.2 Å². The van der Waals surface area contributed by atoms with Crippen molar-refractivity contribution in [1.29, 1.82) is 0 Å². The molecule has 0 fully saturated rings. The van der Waals surface area contributed by atoms with Gasteiger partial charge in [-0.3, -0.25) is 23.4 Å². The summed E-state index contributed by atoms with van der Waals surface area (Å²) in [4.78, 5) is 45.9. The van der Waals surface area contributed by atoms with Crippen molar-refractivity contribution >= 4 is 25.7 Å². The fourth-order valence-electron chi connectivity index (χ4n) is 5.86. The summed E-state index contributed by atoms with van der Waals surface area (Å²) in [6.07, 6.45) is 42.2. The first-order chi connectivity index (χ1) is 27.1. The second-order valence-electron chi connectivity index (χ2n) is 14.8. The summed E-state index contributed by atoms with van der Waals surface area (Å²) in [6, 6.07) is -1.53. The molecule has 0 heterocycles. The molecular weight excluding hydrogens is 733 g/mol. The number of hydrogen-bond acceptors (Lipinski definition) is 9. The van der Waals surface area contributed by atoms with Crippen LogP contribution in [0.1, 0.15) is 194 Å². The summed E-state index contributed by atoms with van der Waals surface area (Å²) in [5.41, 5.74) is 5.33. The van der Waals surface area contributed by atoms with Crippen LogP contribution < -0.4 is 5.73 Å². The van der Waals surface area contributed by atoms with Crippen molar-refractivity contribution in [3.8, 4) is 0 Å². The number of esters is 2. The third-order valence-electron chi connectivity index (χ3n) is 9.36. The number of carboxylic acids is 1. The number of rotatable bonds is 41. The molecule has 12 heteroatoms. The lowest BCUT2D eigenvalue weighted by Crippen LogP contribution is -2.34. The maximum absolute atomic E-state index is 12.6. The van der Waals surface area contributed by atoms with Gasteiger partial charge in [-0.15, -0.1) is 0 Å². The molecule has 0 aliphatic carbocycles. The molecule has 326 valence electrons. The fourth-order valence-corrected chi connectivity index (χ4v) is 6.64. The number of unbranched alkanes of at least 4 members (excludes halogenated alkanes) is 21. The highest BCUT2D eigenvalue weighted by Gasteiger charge is 2.28. The number of carbonyl (C=O) groups excluding carboxylic acids is 2. The standard InChI is InChI=1S/C44H80NO10P/c1-3-5-7-9-11-13-15-17-19-20-22-23-25-27-29-31-33-35-42(46)52-37-40(38-53-56(50,51)54-39-41(45)44(48)49)55-43(47)36-34-32-30-28-26-24-21-18-16-14-12-10-8-6-4-2/h18,21-23,27,29,40-41H,3-17,19-20,24-26,28,30-39,45H2,1-2H3,(H,48,49)(H,50,51)/b21-18+,23-22+,29-27+/t40-,41+/m1/s1. The first-order valence-electron chi connectivity index (χ1n) is 22.0. The topological polar surface area (TPSA) is 172 Å². The van der Waals surface area contributed by atoms with Crippen molar-refractivity contribution in [3.05, 3.63) is 36.5 Å². The van der Waals surface area contributed by atoms with Gasteiger partial charge in [0.15, 0.2) is 6.10 Å². The van der Waals surface area contributed by atoms with Crippen LogP contribution in [-0.4, -0.2) is 59.9 Å². The second-order valence-corrected chi connectivity index (χ2v) is 16.3. The number of hydrogen-bond donors (Lipinski definition) is 3. The van der Waals surface area contributed by atoms with Gasteiger partial charge in [-0.05, 0) is 64.2 Å². The van der Waals surface area contributed by atoms with Gasteiger partial charge >= 0.3 is 25.7 Å². The largest absolute Gasteiger partial charge is 0.480 e. The Hall–Kier alpha value is -2.30. The van der Waals surface area contributed by atoms with Gasteiger partial charge in [-0.25, -0.2) is 4.57 Å². The number of phosphoric ester groups is 1. The maximum atomic E-state index is 12.6. The quantitative estimate of drug-likeness (QED) is 0.0232. The van der Waals surface area contributed by atoms with Crippen LogP contribution in [0, 0.1) is 0 Å². The van der Waals surface area contributed by atoms with Crippen LogP contribution in [0.15, 0.2) is 36.5 Å². The van der Waals surface area contributed by atoms with Crippen LogP contribution >= 0.6 is 7.82 Å². The molecule has 0 spiro atoms. The molecule has 0 rings (SSSR count). The Morgan fingerprint density at radius 1 is 0.554 bits per heavy atom. The van der Waals surface area contributed by atoms with Gasteiger partial charge in [0.25, 0.3) is 0 Å². The van der Waals surface area contributed by atoms with E-state index in [9.17, 15) is 23.8 Å². The molecule has 1 unspecified atom stereocenters. The van der Waals surface area contributed by atoms with E-state index in [-0.39, 0.29) is 19.4 Å². The molecule has 56 heavy (non-hydrogen) atoms. The molecule has 0 aromatic heterocycles. The highest BCUT2D eigenvalue weighted by molar-refractivity contribution is 7.47. The van der Waals surface area contributed by atoms with Crippen LogP contribution in [0.25, 0.3) is 0 Å². The fraction of sp³-hybridized carbons (Fsp3) is 0.795. The van der Waals surface area contributed by atoms with Crippen LogP contribution in [0.5, 0.6) is 0 Å². The van der Waals surface area contributed by atoms with Crippen molar-refractivity contribution in [1.82, 2.24) is 0 Å². The summed E-state index contributed by atoms with van der Waals surface area (Å²) in [6.45, 7) is 2.75. The lowest BCUT2D eigenvalue weighted by atomic mass is 10.1. The van der Waals surface area contributed by atoms with Crippen molar-refractivity contribution in [2.45, 2.75) is 206 Å². The predicted octanol–water partition coefficient (Wildman–Crippen LogP) is 11.6. The summed E-state index contributed by atoms with van der Waals surface area (Å²) in [5.74, 6) is -2.44. The number of phosphoric acid groups is 1. The van der Waals surface area contributed by atoms with Gasteiger partial charge in [0.1, 0.15) is 12.6 Å². The Morgan fingerprint density at radius 2 is 0.964 bits per heavy atom. The molecule has 0 saturated heterocycles. The van der Waals surface area contributed by atoms with E-state index in [1.165, 1.54) is 96.3 Å². The van der Waals surface area contributed by atoms with Gasteiger partial charge in [-0.1, -0.05) is 153 Å². The average molecular weight is 814 g/mol. The summed E-state index contributed by atoms with van der Waals surface area (Å²) in [7, 11) is -4.73. The van der Waals surface area contributed by atoms with E-state index in [4.69, 9.17) is 24.8 Å². The monoisotopic (exact) mass is 814 g/mol. The Labute approximate surface area is 340 Å². The molecule has 0 aromatic carbocycles. The van der Waals surface area contributed by atoms with Gasteiger partial charge in [-0.2, -0.15) is 0 Å². The predicted molar refractivity (Wildman–Crippen MR) is 226 cm³/mol. The van der Waals surface area contributed by atoms with E-state index in [1.807, 2.05) is 6.08 Å². The molecular formula is C44H80NO10P. The number of carboxylic acid groups (broad SMARTS) is 1. The zero-order chi connectivity index (χ0) is 41.4. The van der Waals surface area contributed by atoms with E-state index in [1.54, 1.807) is 0 Å². The van der Waals surface area contributed by atoms with Crippen LogP contribution in [-0.2, 0) is 37.5 Å². The van der Waals surface area contributed by atoms with Crippen molar-refractivity contribution < 1.29 is 47.5 Å². The van der Waals surface area contributed by atoms with E-state index >= 15 is 0 Å². The maximum Gasteiger partial charge on any atom is 0.472 e. The number of aliphatic carboxylic acids is 1. The zero-order valence-corrected chi connectivity index (χ0v) is 36.1. The third kappa shape index (κ3) is 38.6. The van der Waals surface area contributed by atoms with Gasteiger partial charge in [0.2, 0.25) is 0 Å². The average Bonchev–Trinajstić information content (AvgIpc) is 3.17. The Morgan fingerprint density at radius 3 is 1.46 bits per heavy atom. The summed E-state index contributed by atoms with van der Waals surface area (Å²) in [5, 5.41) is 8.88. The second kappa shape index (κ2) is 39.5. The van der Waals surface area contributed by atoms with Crippen LogP contribution in [0.3, 0.4) is 0 Å². The number of allylic oxidation sites excluding steroid dienone is 6. The Balaban J connectivity index is 4.43. The molecule has 0 saturated carbocycles. The van der Waals surface area contributed by atoms with E-state index in [0.717, 1.165) is 51.4 Å². The smallest absolute Gasteiger partial charge is 0.472 e. The summed E-state index contributed by atoms with van der Waals surface area (Å²) < 4.78 is 32.6. The highest BCUT2D eigenvalue weighted by atomic mass is 31.2. The minimum Gasteiger partial charge on any atom is -0.480 e. The van der Waals surface area contributed by atoms with Crippen molar-refractivity contribution in [2.75, 3.05) is 19.8 Å². The first-order valence-corrected chi connectivity index (χ1v) is 23.5. The van der Waals surface area contributed by atoms with Gasteiger partial charge < -0.3 is 25.2 Å². The molecule has 4 N–H and O–H groups in total. The minimum absolute atomic E-state index is 0.143. The lowest BCUT2D eigenvalue weighted by molar-refractivity contribution is -0.161. The highest BCUT2D eigenvalue weighted by Crippen LogP contribution is 2.43. The van der Waals surface area contributed by atoms with Crippen LogP contribution in [0.4, 0.5) is 0 Å². The van der Waals surface area contributed by atoms with E-state index in [0.29, 0.717) is 19.3 Å². The molecule has 0 bridgehead atoms. The molecule has 11 nitrogen and oxygen atoms in total. The van der Waals surface area contributed by atoms with E-state index in [2.05, 4.69) is 48.8 Å². The molecule has 0 aliphatic heterocycles. The first kappa shape index (κ1) is 53.7. The number of ether oxygens (including phenoxy) is 2. The SMILES string of the molecule is CCCCCCCC/C=C/CCCCCCCC(=O)O[C@H](COC(=O)CCC/C=C/C/C=C/CCCCCCCCCCC)COP(=O)(O)OC[C@H](N)C(=O)O. The molecule has 0 radical (unpaired) electrons. The Bertz CT molecular complexity index is 1100. The number of nitrogens with two attached hydrogens (primary N) is 1. The van der Waals surface area contributed by atoms with E-state index < -0.39 is 51.1 Å². The molecule has 0 amide bonds. The summed E-state index contributed by atoms with van der Waals surface area (Å²) >= 11 is 0. The third-order valence-corrected chi connectivity index (χ3v) is 10.3. The molecule has 0 aliphatic rings. The van der Waals surface area contributed by atoms with Crippen LogP contribution in [0.2, 0.25) is 0 Å². The Kier molecular flexibility index (Phi) is 37.9. The minimum atomic E-state index is -4.73. The molecule has 3 atom stereocenters. The van der Waals surface area contributed by atoms with Gasteiger partial charge in [0, 0.05) is 12.8 Å². The zero-order valence-electron chi connectivity index (χ0n) is 35.2. The number of carbonyl (C=O) groups is 3. The normalized spacial score (nSPS) is 14.1. The van der Waals surface area contributed by atoms with Crippen molar-refractivity contribution in [2.24, 2.45) is 5.73 Å². The van der Waals surface area contributed by atoms with Crippen molar-refractivity contribution in [3.63, 3.8) is 0 Å². The lowest BCUT2D eigenvalue weighted by Gasteiger charge is -2.20.